The van der Waals surface area contributed by atoms with Crippen LogP contribution < -0.4 is 0 Å². The Morgan fingerprint density at radius 3 is 2.42 bits per heavy atom. The van der Waals surface area contributed by atoms with Gasteiger partial charge in [-0.1, -0.05) is 23.2 Å². The molecule has 2 N–H and O–H groups in total. The van der Waals surface area contributed by atoms with Crippen LogP contribution in [0.25, 0.3) is 0 Å². The third kappa shape index (κ3) is 4.17. The number of sulfonamides is 1. The van der Waals surface area contributed by atoms with Gasteiger partial charge in [0.2, 0.25) is 10.0 Å². The van der Waals surface area contributed by atoms with Crippen LogP contribution in [-0.2, 0) is 19.9 Å². The lowest BCUT2D eigenvalue weighted by Gasteiger charge is -2.26. The van der Waals surface area contributed by atoms with Crippen LogP contribution >= 0.6 is 23.2 Å². The van der Waals surface area contributed by atoms with Crippen molar-refractivity contribution in [3.8, 4) is 6.07 Å². The molecule has 1 saturated heterocycles. The molecule has 1 unspecified atom stereocenters. The highest BCUT2D eigenvalue weighted by Gasteiger charge is 2.55. The molecule has 1 heterocycles. The molecule has 0 amide bonds. The number of nitriles is 1. The maximum atomic E-state index is 14.0. The molecule has 0 saturated carbocycles. The molecule has 0 aromatic heterocycles. The molecular formula is C18H15Cl2FN2O6S2. The van der Waals surface area contributed by atoms with Crippen molar-refractivity contribution in [3.63, 3.8) is 0 Å². The summed E-state index contributed by atoms with van der Waals surface area (Å²) in [5.41, 5.74) is -2.75. The summed E-state index contributed by atoms with van der Waals surface area (Å²) in [6, 6.07) is 7.70. The molecule has 2 aromatic rings. The number of nitrogens with zero attached hydrogens (tertiary/aromatic N) is 2. The fraction of sp³-hybridized carbons (Fsp3) is 0.278. The average molecular weight is 509 g/mol. The summed E-state index contributed by atoms with van der Waals surface area (Å²) in [6.45, 7) is -2.54. The van der Waals surface area contributed by atoms with Crippen LogP contribution in [0.5, 0.6) is 0 Å². The number of aliphatic hydroxyl groups is 2. The van der Waals surface area contributed by atoms with Crippen molar-refractivity contribution in [2.45, 2.75) is 20.6 Å². The minimum absolute atomic E-state index is 0.181. The Morgan fingerprint density at radius 1 is 1.19 bits per heavy atom. The van der Waals surface area contributed by atoms with Gasteiger partial charge < -0.3 is 10.2 Å². The van der Waals surface area contributed by atoms with Gasteiger partial charge in [-0.15, -0.1) is 0 Å². The molecular weight excluding hydrogens is 494 g/mol. The van der Waals surface area contributed by atoms with Crippen LogP contribution in [0.3, 0.4) is 0 Å². The van der Waals surface area contributed by atoms with Crippen molar-refractivity contribution in [1.82, 2.24) is 4.31 Å². The number of rotatable bonds is 5. The van der Waals surface area contributed by atoms with Gasteiger partial charge in [0.1, 0.15) is 27.6 Å². The second kappa shape index (κ2) is 8.29. The largest absolute Gasteiger partial charge is 0.393 e. The van der Waals surface area contributed by atoms with Crippen molar-refractivity contribution >= 4 is 43.1 Å². The third-order valence-electron chi connectivity index (χ3n) is 4.97. The first kappa shape index (κ1) is 23.9. The average Bonchev–Trinajstić information content (AvgIpc) is 3.07. The zero-order chi connectivity index (χ0) is 23.2. The summed E-state index contributed by atoms with van der Waals surface area (Å²) in [6.07, 6.45) is 0. The standard InChI is InChI=1S/C18H15Cl2FN2O6S2/c19-12-2-4-16(14(20)5-12)31(28,29)23-8-17(18(25,9-23)10-24)30(26,27)13-3-1-11(7-22)15(21)6-13/h1-6,17,24-25H,8-10H2/t17?,18-/m1/s1. The van der Waals surface area contributed by atoms with Crippen LogP contribution in [0.2, 0.25) is 10.0 Å². The Bertz CT molecular complexity index is 1300. The van der Waals surface area contributed by atoms with Gasteiger partial charge in [0.15, 0.2) is 9.84 Å². The highest BCUT2D eigenvalue weighted by Crippen LogP contribution is 2.36. The van der Waals surface area contributed by atoms with Gasteiger partial charge in [0.05, 0.1) is 22.1 Å². The van der Waals surface area contributed by atoms with Gasteiger partial charge in [-0.3, -0.25) is 0 Å². The summed E-state index contributed by atoms with van der Waals surface area (Å²) in [5, 5.41) is 27.5. The fourth-order valence-electron chi connectivity index (χ4n) is 3.30. The molecule has 13 heteroatoms. The number of halogens is 3. The lowest BCUT2D eigenvalue weighted by molar-refractivity contribution is 0.00159. The summed E-state index contributed by atoms with van der Waals surface area (Å²) < 4.78 is 66.9. The summed E-state index contributed by atoms with van der Waals surface area (Å²) in [5.74, 6) is -1.09. The van der Waals surface area contributed by atoms with Crippen LogP contribution in [0.4, 0.5) is 4.39 Å². The van der Waals surface area contributed by atoms with Crippen LogP contribution in [-0.4, -0.2) is 61.9 Å². The topological polar surface area (TPSA) is 136 Å². The highest BCUT2D eigenvalue weighted by molar-refractivity contribution is 7.92. The SMILES string of the molecule is N#Cc1ccc(S(=O)(=O)C2CN(S(=O)(=O)c3ccc(Cl)cc3Cl)C[C@@]2(O)CO)cc1F. The molecule has 1 fully saturated rings. The molecule has 166 valence electrons. The van der Waals surface area contributed by atoms with Gasteiger partial charge in [-0.05, 0) is 36.4 Å². The predicted molar refractivity (Wildman–Crippen MR) is 109 cm³/mol. The molecule has 0 radical (unpaired) electrons. The van der Waals surface area contributed by atoms with E-state index >= 15 is 0 Å². The summed E-state index contributed by atoms with van der Waals surface area (Å²) in [4.78, 5) is -0.925. The predicted octanol–water partition coefficient (Wildman–Crippen LogP) is 1.57. The number of hydrogen-bond acceptors (Lipinski definition) is 7. The molecule has 2 atom stereocenters. The molecule has 31 heavy (non-hydrogen) atoms. The van der Waals surface area contributed by atoms with Gasteiger partial charge in [0, 0.05) is 18.1 Å². The number of benzene rings is 2. The molecule has 1 aliphatic heterocycles. The second-order valence-corrected chi connectivity index (χ2v) is 11.8. The Hall–Kier alpha value is -1.78. The zero-order valence-corrected chi connectivity index (χ0v) is 18.7. The van der Waals surface area contributed by atoms with Crippen molar-refractivity contribution in [1.29, 1.82) is 5.26 Å². The van der Waals surface area contributed by atoms with E-state index in [2.05, 4.69) is 0 Å². The van der Waals surface area contributed by atoms with E-state index in [9.17, 15) is 31.4 Å². The van der Waals surface area contributed by atoms with E-state index < -0.39 is 61.1 Å². The summed E-state index contributed by atoms with van der Waals surface area (Å²) in [7, 11) is -8.89. The number of β-amino-alcohol motifs (C(OH)–C–C–N with tert-alkyl or cyclic N) is 1. The highest BCUT2D eigenvalue weighted by atomic mass is 35.5. The van der Waals surface area contributed by atoms with E-state index in [1.54, 1.807) is 6.07 Å². The first-order valence-corrected chi connectivity index (χ1v) is 12.3. The molecule has 2 aromatic carbocycles. The fourth-order valence-corrected chi connectivity index (χ4v) is 7.61. The van der Waals surface area contributed by atoms with Gasteiger partial charge >= 0.3 is 0 Å². The van der Waals surface area contributed by atoms with Crippen molar-refractivity contribution < 1.29 is 31.4 Å². The van der Waals surface area contributed by atoms with Crippen LogP contribution in [0.1, 0.15) is 5.56 Å². The quantitative estimate of drug-likeness (QED) is 0.625. The van der Waals surface area contributed by atoms with Crippen LogP contribution in [0, 0.1) is 17.1 Å². The first-order valence-electron chi connectivity index (χ1n) is 8.59. The number of aliphatic hydroxyl groups excluding tert-OH is 1. The normalized spacial score (nSPS) is 22.4. The molecule has 0 spiro atoms. The number of hydrogen-bond donors (Lipinski definition) is 2. The Labute approximate surface area is 188 Å². The van der Waals surface area contributed by atoms with Gasteiger partial charge in [-0.25, -0.2) is 21.2 Å². The van der Waals surface area contributed by atoms with E-state index in [-0.39, 0.29) is 20.5 Å². The second-order valence-electron chi connectivity index (χ2n) is 6.92. The summed E-state index contributed by atoms with van der Waals surface area (Å²) >= 11 is 11.8. The maximum absolute atomic E-state index is 14.0. The van der Waals surface area contributed by atoms with Gasteiger partial charge in [-0.2, -0.15) is 9.57 Å². The Balaban J connectivity index is 2.04. The molecule has 0 aliphatic carbocycles. The van der Waals surface area contributed by atoms with E-state index in [1.807, 2.05) is 0 Å². The lowest BCUT2D eigenvalue weighted by Crippen LogP contribution is -2.49. The number of sulfone groups is 1. The molecule has 3 rings (SSSR count). The van der Waals surface area contributed by atoms with E-state index in [0.717, 1.165) is 18.2 Å². The van der Waals surface area contributed by atoms with E-state index in [4.69, 9.17) is 28.5 Å². The van der Waals surface area contributed by atoms with Crippen molar-refractivity contribution in [2.24, 2.45) is 0 Å². The smallest absolute Gasteiger partial charge is 0.244 e. The minimum atomic E-state index is -4.52. The van der Waals surface area contributed by atoms with Crippen molar-refractivity contribution in [2.75, 3.05) is 19.7 Å². The first-order chi connectivity index (χ1) is 14.4. The third-order valence-corrected chi connectivity index (χ3v) is 9.75. The Morgan fingerprint density at radius 2 is 1.87 bits per heavy atom. The maximum Gasteiger partial charge on any atom is 0.244 e. The molecule has 8 nitrogen and oxygen atoms in total. The van der Waals surface area contributed by atoms with Crippen molar-refractivity contribution in [3.05, 3.63) is 57.8 Å². The monoisotopic (exact) mass is 508 g/mol. The van der Waals surface area contributed by atoms with Gasteiger partial charge in [0.25, 0.3) is 0 Å². The van der Waals surface area contributed by atoms with Crippen LogP contribution in [0.15, 0.2) is 46.2 Å². The minimum Gasteiger partial charge on any atom is -0.393 e. The molecule has 1 aliphatic rings. The van der Waals surface area contributed by atoms with E-state index in [1.165, 1.54) is 12.1 Å². The molecule has 0 bridgehead atoms. The Kier molecular flexibility index (Phi) is 6.38. The zero-order valence-electron chi connectivity index (χ0n) is 15.5. The van der Waals surface area contributed by atoms with E-state index in [0.29, 0.717) is 10.4 Å². The lowest BCUT2D eigenvalue weighted by atomic mass is 10.1.